The van der Waals surface area contributed by atoms with Gasteiger partial charge >= 0.3 is 0 Å². The summed E-state index contributed by atoms with van der Waals surface area (Å²) in [5, 5.41) is 5.82. The van der Waals surface area contributed by atoms with E-state index in [4.69, 9.17) is 0 Å². The molecule has 1 saturated carbocycles. The van der Waals surface area contributed by atoms with E-state index in [1.165, 1.54) is 0 Å². The van der Waals surface area contributed by atoms with E-state index in [1.54, 1.807) is 0 Å². The number of carbonyl (C=O) groups excluding carboxylic acids is 2. The average molecular weight is 288 g/mol. The molecule has 1 aliphatic carbocycles. The molecule has 1 aromatic carbocycles. The van der Waals surface area contributed by atoms with Crippen LogP contribution in [-0.2, 0) is 16.1 Å². The van der Waals surface area contributed by atoms with Crippen molar-refractivity contribution in [2.45, 2.75) is 39.2 Å². The van der Waals surface area contributed by atoms with Crippen molar-refractivity contribution in [2.75, 3.05) is 6.54 Å². The summed E-state index contributed by atoms with van der Waals surface area (Å²) in [6.07, 6.45) is 3.97. The monoisotopic (exact) mass is 288 g/mol. The van der Waals surface area contributed by atoms with Gasteiger partial charge in [0, 0.05) is 13.1 Å². The van der Waals surface area contributed by atoms with E-state index in [-0.39, 0.29) is 23.7 Å². The SMILES string of the molecule is CCCCCNC(=O)C1CC1C(=O)NCc1ccccc1. The Labute approximate surface area is 126 Å². The molecule has 21 heavy (non-hydrogen) atoms. The van der Waals surface area contributed by atoms with Crippen LogP contribution in [-0.4, -0.2) is 18.4 Å². The van der Waals surface area contributed by atoms with Gasteiger partial charge in [0.2, 0.25) is 11.8 Å². The van der Waals surface area contributed by atoms with E-state index in [1.807, 2.05) is 30.3 Å². The van der Waals surface area contributed by atoms with Gasteiger partial charge in [-0.3, -0.25) is 9.59 Å². The van der Waals surface area contributed by atoms with Crippen LogP contribution in [0.2, 0.25) is 0 Å². The molecule has 2 rings (SSSR count). The molecule has 2 N–H and O–H groups in total. The van der Waals surface area contributed by atoms with Crippen LogP contribution in [0.15, 0.2) is 30.3 Å². The summed E-state index contributed by atoms with van der Waals surface area (Å²) >= 11 is 0. The first kappa shape index (κ1) is 15.5. The summed E-state index contributed by atoms with van der Waals surface area (Å²) in [6, 6.07) is 9.80. The lowest BCUT2D eigenvalue weighted by atomic mass is 10.2. The first-order valence-corrected chi connectivity index (χ1v) is 7.81. The molecule has 0 saturated heterocycles. The Hall–Kier alpha value is -1.84. The minimum Gasteiger partial charge on any atom is -0.356 e. The van der Waals surface area contributed by atoms with E-state index < -0.39 is 0 Å². The van der Waals surface area contributed by atoms with Gasteiger partial charge in [-0.15, -0.1) is 0 Å². The highest BCUT2D eigenvalue weighted by molar-refractivity contribution is 5.92. The van der Waals surface area contributed by atoms with Crippen LogP contribution < -0.4 is 10.6 Å². The molecule has 0 spiro atoms. The molecule has 0 aromatic heterocycles. The topological polar surface area (TPSA) is 58.2 Å². The number of carbonyl (C=O) groups is 2. The maximum atomic E-state index is 12.0. The second kappa shape index (κ2) is 7.81. The summed E-state index contributed by atoms with van der Waals surface area (Å²) in [5.41, 5.74) is 1.08. The zero-order chi connectivity index (χ0) is 15.1. The van der Waals surface area contributed by atoms with Gasteiger partial charge in [-0.1, -0.05) is 50.1 Å². The van der Waals surface area contributed by atoms with E-state index in [0.29, 0.717) is 13.0 Å². The van der Waals surface area contributed by atoms with Crippen molar-refractivity contribution in [1.82, 2.24) is 10.6 Å². The van der Waals surface area contributed by atoms with E-state index in [9.17, 15) is 9.59 Å². The van der Waals surface area contributed by atoms with Crippen molar-refractivity contribution in [3.8, 4) is 0 Å². The maximum absolute atomic E-state index is 12.0. The fraction of sp³-hybridized carbons (Fsp3) is 0.529. The lowest BCUT2D eigenvalue weighted by Gasteiger charge is -2.06. The molecule has 2 unspecified atom stereocenters. The largest absolute Gasteiger partial charge is 0.356 e. The highest BCUT2D eigenvalue weighted by Crippen LogP contribution is 2.38. The molecule has 0 bridgehead atoms. The third-order valence-electron chi connectivity index (χ3n) is 3.85. The highest BCUT2D eigenvalue weighted by atomic mass is 16.2. The number of rotatable bonds is 8. The molecule has 0 heterocycles. The maximum Gasteiger partial charge on any atom is 0.224 e. The van der Waals surface area contributed by atoms with E-state index in [2.05, 4.69) is 17.6 Å². The Morgan fingerprint density at radius 1 is 1.05 bits per heavy atom. The molecule has 2 amide bonds. The van der Waals surface area contributed by atoms with Crippen LogP contribution in [0.5, 0.6) is 0 Å². The second-order valence-corrected chi connectivity index (χ2v) is 5.65. The molecule has 4 nitrogen and oxygen atoms in total. The van der Waals surface area contributed by atoms with Crippen molar-refractivity contribution in [3.05, 3.63) is 35.9 Å². The summed E-state index contributed by atoms with van der Waals surface area (Å²) in [5.74, 6) is -0.235. The van der Waals surface area contributed by atoms with Crippen LogP contribution in [0.3, 0.4) is 0 Å². The summed E-state index contributed by atoms with van der Waals surface area (Å²) < 4.78 is 0. The molecule has 0 aliphatic heterocycles. The number of unbranched alkanes of at least 4 members (excludes halogenated alkanes) is 2. The van der Waals surface area contributed by atoms with Crippen LogP contribution >= 0.6 is 0 Å². The van der Waals surface area contributed by atoms with Gasteiger partial charge in [-0.25, -0.2) is 0 Å². The lowest BCUT2D eigenvalue weighted by molar-refractivity contribution is -0.127. The average Bonchev–Trinajstić information content (AvgIpc) is 3.31. The van der Waals surface area contributed by atoms with Crippen LogP contribution in [0, 0.1) is 11.8 Å². The predicted octanol–water partition coefficient (Wildman–Crippen LogP) is 2.25. The number of nitrogens with one attached hydrogen (secondary N) is 2. The number of hydrogen-bond acceptors (Lipinski definition) is 2. The molecular weight excluding hydrogens is 264 g/mol. The minimum absolute atomic E-state index is 0.00689. The summed E-state index contributed by atoms with van der Waals surface area (Å²) in [6.45, 7) is 3.39. The quantitative estimate of drug-likeness (QED) is 0.721. The molecule has 1 fully saturated rings. The Morgan fingerprint density at radius 2 is 1.71 bits per heavy atom. The van der Waals surface area contributed by atoms with Crippen molar-refractivity contribution < 1.29 is 9.59 Å². The van der Waals surface area contributed by atoms with Crippen molar-refractivity contribution in [1.29, 1.82) is 0 Å². The van der Waals surface area contributed by atoms with Crippen molar-refractivity contribution in [2.24, 2.45) is 11.8 Å². The third kappa shape index (κ3) is 4.88. The molecule has 4 heteroatoms. The number of amides is 2. The Kier molecular flexibility index (Phi) is 5.78. The number of benzene rings is 1. The standard InChI is InChI=1S/C17H24N2O2/c1-2-3-7-10-18-16(20)14-11-15(14)17(21)19-12-13-8-5-4-6-9-13/h4-6,8-9,14-15H,2-3,7,10-12H2,1H3,(H,18,20)(H,19,21). The molecule has 1 aliphatic rings. The van der Waals surface area contributed by atoms with Crippen molar-refractivity contribution in [3.63, 3.8) is 0 Å². The smallest absolute Gasteiger partial charge is 0.224 e. The van der Waals surface area contributed by atoms with Crippen LogP contribution in [0.25, 0.3) is 0 Å². The lowest BCUT2D eigenvalue weighted by Crippen LogP contribution is -2.30. The predicted molar refractivity (Wildman–Crippen MR) is 82.4 cm³/mol. The summed E-state index contributed by atoms with van der Waals surface area (Å²) in [7, 11) is 0. The molecule has 0 radical (unpaired) electrons. The second-order valence-electron chi connectivity index (χ2n) is 5.65. The normalized spacial score (nSPS) is 19.9. The fourth-order valence-electron chi connectivity index (χ4n) is 2.41. The van der Waals surface area contributed by atoms with E-state index in [0.717, 1.165) is 31.4 Å². The zero-order valence-corrected chi connectivity index (χ0v) is 12.6. The highest BCUT2D eigenvalue weighted by Gasteiger charge is 2.47. The van der Waals surface area contributed by atoms with E-state index >= 15 is 0 Å². The first-order valence-electron chi connectivity index (χ1n) is 7.81. The molecular formula is C17H24N2O2. The van der Waals surface area contributed by atoms with Gasteiger partial charge in [0.05, 0.1) is 11.8 Å². The van der Waals surface area contributed by atoms with Crippen LogP contribution in [0.4, 0.5) is 0 Å². The minimum atomic E-state index is -0.139. The Bertz CT molecular complexity index is 473. The zero-order valence-electron chi connectivity index (χ0n) is 12.6. The Balaban J connectivity index is 1.65. The molecule has 2 atom stereocenters. The fourth-order valence-corrected chi connectivity index (χ4v) is 2.41. The number of hydrogen-bond donors (Lipinski definition) is 2. The summed E-state index contributed by atoms with van der Waals surface area (Å²) in [4.78, 5) is 23.8. The van der Waals surface area contributed by atoms with Gasteiger partial charge in [-0.2, -0.15) is 0 Å². The van der Waals surface area contributed by atoms with Gasteiger partial charge in [0.15, 0.2) is 0 Å². The third-order valence-corrected chi connectivity index (χ3v) is 3.85. The van der Waals surface area contributed by atoms with Crippen LogP contribution in [0.1, 0.15) is 38.2 Å². The molecule has 114 valence electrons. The first-order chi connectivity index (χ1) is 10.2. The van der Waals surface area contributed by atoms with Gasteiger partial charge in [0.25, 0.3) is 0 Å². The van der Waals surface area contributed by atoms with Gasteiger partial charge < -0.3 is 10.6 Å². The molecule has 1 aromatic rings. The Morgan fingerprint density at radius 3 is 2.38 bits per heavy atom. The van der Waals surface area contributed by atoms with Crippen molar-refractivity contribution >= 4 is 11.8 Å². The van der Waals surface area contributed by atoms with Gasteiger partial charge in [-0.05, 0) is 18.4 Å². The van der Waals surface area contributed by atoms with Gasteiger partial charge in [0.1, 0.15) is 0 Å².